The second-order valence-electron chi connectivity index (χ2n) is 5.31. The molecule has 0 atom stereocenters. The number of rotatable bonds is 13. The predicted octanol–water partition coefficient (Wildman–Crippen LogP) is 5.02. The molecule has 0 aromatic rings. The van der Waals surface area contributed by atoms with Crippen LogP contribution in [0.1, 0.15) is 33.1 Å². The Kier molecular flexibility index (Phi) is 13.5. The molecule has 5 heteroatoms. The molecule has 27 heavy (non-hydrogen) atoms. The highest BCUT2D eigenvalue weighted by atomic mass is 16.5. The smallest absolute Gasteiger partial charge is 0.306 e. The van der Waals surface area contributed by atoms with Crippen LogP contribution in [0.3, 0.4) is 0 Å². The van der Waals surface area contributed by atoms with E-state index >= 15 is 0 Å². The minimum absolute atomic E-state index is 0.183. The number of aliphatic hydroxyl groups excluding tert-OH is 1. The summed E-state index contributed by atoms with van der Waals surface area (Å²) in [6, 6.07) is 0. The van der Waals surface area contributed by atoms with Gasteiger partial charge in [-0.25, -0.2) is 0 Å². The maximum absolute atomic E-state index is 11.9. The molecule has 0 rings (SSSR count). The summed E-state index contributed by atoms with van der Waals surface area (Å²) in [5.74, 6) is 0.181. The highest BCUT2D eigenvalue weighted by molar-refractivity contribution is 5.69. The van der Waals surface area contributed by atoms with Gasteiger partial charge in [0, 0.05) is 12.8 Å². The summed E-state index contributed by atoms with van der Waals surface area (Å²) < 4.78 is 9.93. The van der Waals surface area contributed by atoms with Gasteiger partial charge in [0.15, 0.2) is 0 Å². The van der Waals surface area contributed by atoms with Gasteiger partial charge < -0.3 is 14.6 Å². The summed E-state index contributed by atoms with van der Waals surface area (Å²) in [6.07, 6.45) is 14.4. The fourth-order valence-corrected chi connectivity index (χ4v) is 1.87. The van der Waals surface area contributed by atoms with Gasteiger partial charge in [-0.3, -0.25) is 9.59 Å². The van der Waals surface area contributed by atoms with E-state index in [-0.39, 0.29) is 24.8 Å². The SMILES string of the molecule is C=C/C(=C\C=C(/C=C)OC=O)CCC(=O)OCCC(/C=C\C(O)=C/C)=C/C. The first kappa shape index (κ1) is 23.9. The third-order valence-electron chi connectivity index (χ3n) is 3.52. The zero-order chi connectivity index (χ0) is 20.5. The molecule has 0 aliphatic heterocycles. The molecule has 0 saturated heterocycles. The Morgan fingerprint density at radius 1 is 0.963 bits per heavy atom. The van der Waals surface area contributed by atoms with Crippen LogP contribution in [-0.4, -0.2) is 24.2 Å². The van der Waals surface area contributed by atoms with E-state index in [0.29, 0.717) is 25.1 Å². The number of hydrogen-bond donors (Lipinski definition) is 1. The lowest BCUT2D eigenvalue weighted by atomic mass is 10.1. The van der Waals surface area contributed by atoms with E-state index in [1.165, 1.54) is 6.08 Å². The molecule has 0 aliphatic carbocycles. The van der Waals surface area contributed by atoms with E-state index in [4.69, 9.17) is 9.47 Å². The number of carbonyl (C=O) groups is 2. The Morgan fingerprint density at radius 3 is 2.26 bits per heavy atom. The molecule has 0 saturated carbocycles. The molecule has 5 nitrogen and oxygen atoms in total. The molecule has 0 aromatic heterocycles. The van der Waals surface area contributed by atoms with Crippen molar-refractivity contribution in [3.8, 4) is 0 Å². The summed E-state index contributed by atoms with van der Waals surface area (Å²) in [4.78, 5) is 22.2. The number of aliphatic hydroxyl groups is 1. The molecule has 0 fully saturated rings. The largest absolute Gasteiger partial charge is 0.508 e. The van der Waals surface area contributed by atoms with Crippen molar-refractivity contribution in [1.82, 2.24) is 0 Å². The quantitative estimate of drug-likeness (QED) is 0.213. The zero-order valence-electron chi connectivity index (χ0n) is 16.0. The number of ether oxygens (including phenoxy) is 2. The molecular weight excluding hydrogens is 344 g/mol. The van der Waals surface area contributed by atoms with Gasteiger partial charge in [-0.1, -0.05) is 37.5 Å². The van der Waals surface area contributed by atoms with Gasteiger partial charge in [-0.05, 0) is 55.7 Å². The van der Waals surface area contributed by atoms with Crippen molar-refractivity contribution >= 4 is 12.4 Å². The van der Waals surface area contributed by atoms with E-state index in [9.17, 15) is 14.7 Å². The van der Waals surface area contributed by atoms with Gasteiger partial charge in [0.25, 0.3) is 6.47 Å². The predicted molar refractivity (Wildman–Crippen MR) is 108 cm³/mol. The second-order valence-corrected chi connectivity index (χ2v) is 5.31. The molecule has 0 heterocycles. The summed E-state index contributed by atoms with van der Waals surface area (Å²) in [6.45, 7) is 11.4. The minimum atomic E-state index is -0.310. The molecule has 0 bridgehead atoms. The Hall–Kier alpha value is -3.08. The normalized spacial score (nSPS) is 13.4. The van der Waals surface area contributed by atoms with E-state index in [2.05, 4.69) is 13.2 Å². The maximum atomic E-state index is 11.9. The van der Waals surface area contributed by atoms with Crippen molar-refractivity contribution in [3.63, 3.8) is 0 Å². The van der Waals surface area contributed by atoms with Gasteiger partial charge >= 0.3 is 5.97 Å². The standard InChI is InChI=1S/C22H28O5/c1-5-18(10-13-21(8-4)27-17-23)11-14-22(25)26-16-15-19(6-2)9-12-20(24)7-3/h5-10,12-13,17,24H,1,4,11,14-16H2,2-3H3/b12-9-,18-10+,19-6+,20-7+,21-13+. The fourth-order valence-electron chi connectivity index (χ4n) is 1.87. The first-order valence-electron chi connectivity index (χ1n) is 8.60. The topological polar surface area (TPSA) is 72.8 Å². The van der Waals surface area contributed by atoms with Crippen molar-refractivity contribution in [2.45, 2.75) is 33.1 Å². The molecule has 0 spiro atoms. The van der Waals surface area contributed by atoms with Crippen molar-refractivity contribution in [2.75, 3.05) is 6.61 Å². The molecule has 1 N–H and O–H groups in total. The van der Waals surface area contributed by atoms with Crippen LogP contribution in [0, 0.1) is 0 Å². The Balaban J connectivity index is 4.45. The molecule has 0 unspecified atom stereocenters. The van der Waals surface area contributed by atoms with Crippen LogP contribution >= 0.6 is 0 Å². The van der Waals surface area contributed by atoms with Crippen molar-refractivity contribution in [1.29, 1.82) is 0 Å². The lowest BCUT2D eigenvalue weighted by Crippen LogP contribution is -2.06. The van der Waals surface area contributed by atoms with Gasteiger partial charge in [0.2, 0.25) is 0 Å². The second kappa shape index (κ2) is 15.2. The zero-order valence-corrected chi connectivity index (χ0v) is 16.0. The van der Waals surface area contributed by atoms with E-state index < -0.39 is 0 Å². The summed E-state index contributed by atoms with van der Waals surface area (Å²) in [5.41, 5.74) is 1.76. The lowest BCUT2D eigenvalue weighted by Gasteiger charge is -2.06. The van der Waals surface area contributed by atoms with Crippen LogP contribution in [0.4, 0.5) is 0 Å². The number of carbonyl (C=O) groups excluding carboxylic acids is 2. The maximum Gasteiger partial charge on any atom is 0.306 e. The van der Waals surface area contributed by atoms with Crippen LogP contribution in [0.25, 0.3) is 0 Å². The number of allylic oxidation sites excluding steroid dienone is 9. The van der Waals surface area contributed by atoms with Crippen molar-refractivity contribution in [2.24, 2.45) is 0 Å². The lowest BCUT2D eigenvalue weighted by molar-refractivity contribution is -0.143. The fraction of sp³-hybridized carbons (Fsp3) is 0.273. The van der Waals surface area contributed by atoms with Gasteiger partial charge in [0.1, 0.15) is 11.5 Å². The number of hydrogen-bond acceptors (Lipinski definition) is 5. The Labute approximate surface area is 161 Å². The molecule has 0 aromatic carbocycles. The van der Waals surface area contributed by atoms with Gasteiger partial charge in [-0.15, -0.1) is 0 Å². The highest BCUT2D eigenvalue weighted by Gasteiger charge is 2.04. The van der Waals surface area contributed by atoms with Crippen LogP contribution < -0.4 is 0 Å². The Morgan fingerprint density at radius 2 is 1.70 bits per heavy atom. The van der Waals surface area contributed by atoms with Crippen molar-refractivity contribution < 1.29 is 24.2 Å². The number of esters is 1. The Bertz CT molecular complexity index is 660. The minimum Gasteiger partial charge on any atom is -0.508 e. The van der Waals surface area contributed by atoms with Crippen LogP contribution in [0.15, 0.2) is 84.4 Å². The summed E-state index contributed by atoms with van der Waals surface area (Å²) in [7, 11) is 0. The third kappa shape index (κ3) is 12.0. The molecule has 0 aliphatic rings. The summed E-state index contributed by atoms with van der Waals surface area (Å²) >= 11 is 0. The van der Waals surface area contributed by atoms with Crippen LogP contribution in [0.2, 0.25) is 0 Å². The van der Waals surface area contributed by atoms with Crippen molar-refractivity contribution in [3.05, 3.63) is 84.4 Å². The van der Waals surface area contributed by atoms with E-state index in [1.807, 2.05) is 13.0 Å². The van der Waals surface area contributed by atoms with Crippen LogP contribution in [0.5, 0.6) is 0 Å². The van der Waals surface area contributed by atoms with Gasteiger partial charge in [-0.2, -0.15) is 0 Å². The van der Waals surface area contributed by atoms with E-state index in [1.54, 1.807) is 43.4 Å². The van der Waals surface area contributed by atoms with Gasteiger partial charge in [0.05, 0.1) is 6.61 Å². The third-order valence-corrected chi connectivity index (χ3v) is 3.52. The van der Waals surface area contributed by atoms with Crippen LogP contribution in [-0.2, 0) is 19.1 Å². The first-order chi connectivity index (χ1) is 13.0. The summed E-state index contributed by atoms with van der Waals surface area (Å²) in [5, 5.41) is 9.40. The molecular formula is C22H28O5. The molecule has 0 amide bonds. The molecule has 146 valence electrons. The average molecular weight is 372 g/mol. The monoisotopic (exact) mass is 372 g/mol. The molecule has 0 radical (unpaired) electrons. The van der Waals surface area contributed by atoms with E-state index in [0.717, 1.165) is 11.1 Å². The average Bonchev–Trinajstić information content (AvgIpc) is 2.69. The highest BCUT2D eigenvalue weighted by Crippen LogP contribution is 2.11. The first-order valence-corrected chi connectivity index (χ1v) is 8.60.